The first kappa shape index (κ1) is 24.2. The van der Waals surface area contributed by atoms with Crippen LogP contribution in [0.4, 0.5) is 0 Å². The highest BCUT2D eigenvalue weighted by Gasteiger charge is 2.13. The van der Waals surface area contributed by atoms with Crippen LogP contribution in [0.1, 0.15) is 42.5 Å². The van der Waals surface area contributed by atoms with Crippen LogP contribution in [0.15, 0.2) is 23.2 Å². The van der Waals surface area contributed by atoms with E-state index in [9.17, 15) is 8.42 Å². The van der Waals surface area contributed by atoms with Gasteiger partial charge in [-0.15, -0.1) is 24.0 Å². The first-order valence-corrected chi connectivity index (χ1v) is 11.3. The van der Waals surface area contributed by atoms with E-state index in [0.717, 1.165) is 0 Å². The van der Waals surface area contributed by atoms with Crippen molar-refractivity contribution in [1.82, 2.24) is 10.6 Å². The fourth-order valence-electron chi connectivity index (χ4n) is 3.06. The van der Waals surface area contributed by atoms with E-state index in [4.69, 9.17) is 4.74 Å². The van der Waals surface area contributed by atoms with E-state index in [0.29, 0.717) is 19.1 Å². The molecule has 0 aliphatic heterocycles. The highest BCUT2D eigenvalue weighted by atomic mass is 127. The molecular weight excluding hydrogens is 477 g/mol. The molecule has 1 aromatic carbocycles. The highest BCUT2D eigenvalue weighted by molar-refractivity contribution is 14.0. The Kier molecular flexibility index (Phi) is 10.6. The molecule has 0 aromatic heterocycles. The number of sulfone groups is 1. The number of nitrogens with one attached hydrogen (secondary N) is 2. The van der Waals surface area contributed by atoms with Crippen LogP contribution in [-0.4, -0.2) is 53.2 Å². The van der Waals surface area contributed by atoms with Gasteiger partial charge in [-0.2, -0.15) is 0 Å². The number of guanidine groups is 1. The largest absolute Gasteiger partial charge is 0.379 e. The average molecular weight is 509 g/mol. The van der Waals surface area contributed by atoms with Gasteiger partial charge in [-0.25, -0.2) is 8.42 Å². The molecule has 1 unspecified atom stereocenters. The minimum absolute atomic E-state index is 0. The monoisotopic (exact) mass is 509 g/mol. The second kappa shape index (κ2) is 11.9. The van der Waals surface area contributed by atoms with Gasteiger partial charge in [0.1, 0.15) is 9.84 Å². The van der Waals surface area contributed by atoms with Crippen molar-refractivity contribution < 1.29 is 13.2 Å². The summed E-state index contributed by atoms with van der Waals surface area (Å²) >= 11 is 0. The molecule has 2 rings (SSSR count). The summed E-state index contributed by atoms with van der Waals surface area (Å²) in [5.41, 5.74) is 4.23. The summed E-state index contributed by atoms with van der Waals surface area (Å²) in [4.78, 5) is 4.24. The van der Waals surface area contributed by atoms with Gasteiger partial charge in [-0.3, -0.25) is 4.99 Å². The SMILES string of the molecule is CN=C(NCCOCCS(C)(=O)=O)NC(C)c1ccc2c(c1)CCCC2.I. The van der Waals surface area contributed by atoms with Gasteiger partial charge in [0.05, 0.1) is 25.0 Å². The molecule has 0 fully saturated rings. The first-order chi connectivity index (χ1) is 12.4. The van der Waals surface area contributed by atoms with Gasteiger partial charge in [0, 0.05) is 19.8 Å². The number of hydrogen-bond acceptors (Lipinski definition) is 4. The van der Waals surface area contributed by atoms with Crippen molar-refractivity contribution in [2.24, 2.45) is 4.99 Å². The van der Waals surface area contributed by atoms with E-state index in [1.165, 1.54) is 48.6 Å². The molecule has 6 nitrogen and oxygen atoms in total. The lowest BCUT2D eigenvalue weighted by Gasteiger charge is -2.21. The van der Waals surface area contributed by atoms with Gasteiger partial charge >= 0.3 is 0 Å². The maximum Gasteiger partial charge on any atom is 0.191 e. The zero-order chi connectivity index (χ0) is 19.0. The Morgan fingerprint density at radius 1 is 1.22 bits per heavy atom. The molecule has 0 amide bonds. The Labute approximate surface area is 180 Å². The van der Waals surface area contributed by atoms with Gasteiger partial charge in [-0.1, -0.05) is 18.2 Å². The van der Waals surface area contributed by atoms with E-state index in [1.807, 2.05) is 0 Å². The molecule has 0 radical (unpaired) electrons. The molecule has 8 heteroatoms. The van der Waals surface area contributed by atoms with Crippen LogP contribution < -0.4 is 10.6 Å². The summed E-state index contributed by atoms with van der Waals surface area (Å²) in [7, 11) is -1.23. The van der Waals surface area contributed by atoms with Crippen LogP contribution in [0.2, 0.25) is 0 Å². The highest BCUT2D eigenvalue weighted by Crippen LogP contribution is 2.24. The molecular formula is C19H32IN3O3S. The van der Waals surface area contributed by atoms with Gasteiger partial charge in [0.25, 0.3) is 0 Å². The van der Waals surface area contributed by atoms with E-state index < -0.39 is 9.84 Å². The first-order valence-electron chi connectivity index (χ1n) is 9.23. The fourth-order valence-corrected chi connectivity index (χ4v) is 3.48. The van der Waals surface area contributed by atoms with Crippen molar-refractivity contribution in [3.8, 4) is 0 Å². The molecule has 1 aliphatic carbocycles. The lowest BCUT2D eigenvalue weighted by atomic mass is 9.89. The summed E-state index contributed by atoms with van der Waals surface area (Å²) in [6, 6.07) is 6.92. The van der Waals surface area contributed by atoms with Gasteiger partial charge in [0.2, 0.25) is 0 Å². The zero-order valence-corrected chi connectivity index (χ0v) is 19.6. The van der Waals surface area contributed by atoms with Crippen LogP contribution in [0.25, 0.3) is 0 Å². The second-order valence-corrected chi connectivity index (χ2v) is 9.10. The third kappa shape index (κ3) is 8.78. The number of rotatable bonds is 8. The zero-order valence-electron chi connectivity index (χ0n) is 16.5. The predicted octanol–water partition coefficient (Wildman–Crippen LogP) is 2.47. The Hall–Kier alpha value is -0.870. The molecule has 1 atom stereocenters. The molecule has 27 heavy (non-hydrogen) atoms. The Morgan fingerprint density at radius 2 is 1.93 bits per heavy atom. The van der Waals surface area contributed by atoms with Crippen LogP contribution in [0.5, 0.6) is 0 Å². The number of ether oxygens (including phenoxy) is 1. The van der Waals surface area contributed by atoms with Gasteiger partial charge in [-0.05, 0) is 49.3 Å². The molecule has 1 aliphatic rings. The minimum atomic E-state index is -2.97. The maximum atomic E-state index is 11.0. The number of hydrogen-bond donors (Lipinski definition) is 2. The number of fused-ring (bicyclic) bond motifs is 1. The summed E-state index contributed by atoms with van der Waals surface area (Å²) in [5.74, 6) is 0.761. The van der Waals surface area contributed by atoms with Crippen LogP contribution >= 0.6 is 24.0 Å². The molecule has 0 spiro atoms. The molecule has 0 saturated heterocycles. The standard InChI is InChI=1S/C19H31N3O3S.HI/c1-15(17-9-8-16-6-4-5-7-18(16)14-17)22-19(20-2)21-10-11-25-12-13-26(3,23)24;/h8-9,14-15H,4-7,10-13H2,1-3H3,(H2,20,21,22);1H. The smallest absolute Gasteiger partial charge is 0.191 e. The number of benzene rings is 1. The quantitative estimate of drug-likeness (QED) is 0.244. The summed E-state index contributed by atoms with van der Waals surface area (Å²) in [5, 5.41) is 6.59. The number of aryl methyl sites for hydroxylation is 2. The third-order valence-electron chi connectivity index (χ3n) is 4.59. The van der Waals surface area contributed by atoms with Crippen molar-refractivity contribution in [1.29, 1.82) is 0 Å². The van der Waals surface area contributed by atoms with Crippen molar-refractivity contribution >= 4 is 39.8 Å². The van der Waals surface area contributed by atoms with Crippen molar-refractivity contribution in [3.63, 3.8) is 0 Å². The van der Waals surface area contributed by atoms with Crippen LogP contribution in [0.3, 0.4) is 0 Å². The Balaban J connectivity index is 0.00000364. The molecule has 154 valence electrons. The van der Waals surface area contributed by atoms with Crippen molar-refractivity contribution in [2.75, 3.05) is 38.8 Å². The second-order valence-electron chi connectivity index (χ2n) is 6.84. The molecule has 0 heterocycles. The van der Waals surface area contributed by atoms with Gasteiger partial charge < -0.3 is 15.4 Å². The van der Waals surface area contributed by atoms with Crippen LogP contribution in [0, 0.1) is 0 Å². The summed E-state index contributed by atoms with van der Waals surface area (Å²) < 4.78 is 27.4. The fraction of sp³-hybridized carbons (Fsp3) is 0.632. The van der Waals surface area contributed by atoms with Gasteiger partial charge in [0.15, 0.2) is 5.96 Å². The lowest BCUT2D eigenvalue weighted by Crippen LogP contribution is -2.40. The molecule has 1 aromatic rings. The topological polar surface area (TPSA) is 79.8 Å². The Morgan fingerprint density at radius 3 is 2.59 bits per heavy atom. The van der Waals surface area contributed by atoms with E-state index in [-0.39, 0.29) is 42.4 Å². The predicted molar refractivity (Wildman–Crippen MR) is 122 cm³/mol. The van der Waals surface area contributed by atoms with E-state index in [1.54, 1.807) is 7.05 Å². The third-order valence-corrected chi connectivity index (χ3v) is 5.49. The Bertz CT molecular complexity index is 723. The molecule has 0 bridgehead atoms. The summed E-state index contributed by atoms with van der Waals surface area (Å²) in [6.07, 6.45) is 6.15. The van der Waals surface area contributed by atoms with E-state index >= 15 is 0 Å². The number of nitrogens with zero attached hydrogens (tertiary/aromatic N) is 1. The molecule has 0 saturated carbocycles. The normalized spacial score (nSPS) is 15.4. The van der Waals surface area contributed by atoms with Crippen LogP contribution in [-0.2, 0) is 27.4 Å². The average Bonchev–Trinajstić information content (AvgIpc) is 2.62. The van der Waals surface area contributed by atoms with E-state index in [2.05, 4.69) is 40.7 Å². The number of halogens is 1. The lowest BCUT2D eigenvalue weighted by molar-refractivity contribution is 0.154. The van der Waals surface area contributed by atoms with Crippen molar-refractivity contribution in [2.45, 2.75) is 38.6 Å². The minimum Gasteiger partial charge on any atom is -0.379 e. The molecule has 2 N–H and O–H groups in total. The van der Waals surface area contributed by atoms with Crippen molar-refractivity contribution in [3.05, 3.63) is 34.9 Å². The summed E-state index contributed by atoms with van der Waals surface area (Å²) in [6.45, 7) is 3.35. The number of aliphatic imine (C=N–C) groups is 1. The maximum absolute atomic E-state index is 11.0.